The molecule has 6 heteroatoms. The summed E-state index contributed by atoms with van der Waals surface area (Å²) in [5, 5.41) is 10.1. The summed E-state index contributed by atoms with van der Waals surface area (Å²) in [4.78, 5) is 11.4. The number of rotatable bonds is 6. The van der Waals surface area contributed by atoms with Gasteiger partial charge in [0.15, 0.2) is 5.78 Å². The zero-order chi connectivity index (χ0) is 16.2. The summed E-state index contributed by atoms with van der Waals surface area (Å²) in [5.74, 6) is -0.0145. The van der Waals surface area contributed by atoms with Crippen molar-refractivity contribution >= 4 is 15.8 Å². The molecule has 0 aromatic heterocycles. The molecule has 1 fully saturated rings. The number of sulfonamides is 1. The summed E-state index contributed by atoms with van der Waals surface area (Å²) in [6, 6.07) is 5.93. The smallest absolute Gasteiger partial charge is 0.240 e. The molecular formula is C16H23NO4S. The lowest BCUT2D eigenvalue weighted by molar-refractivity contribution is 0.0888. The third kappa shape index (κ3) is 4.38. The fourth-order valence-electron chi connectivity index (χ4n) is 2.85. The van der Waals surface area contributed by atoms with E-state index in [1.165, 1.54) is 25.5 Å². The van der Waals surface area contributed by atoms with Crippen molar-refractivity contribution in [3.05, 3.63) is 29.8 Å². The first-order valence-electron chi connectivity index (χ1n) is 7.69. The van der Waals surface area contributed by atoms with Crippen molar-refractivity contribution < 1.29 is 18.3 Å². The molecule has 2 rings (SSSR count). The molecule has 1 aliphatic rings. The van der Waals surface area contributed by atoms with Crippen LogP contribution >= 0.6 is 0 Å². The molecule has 2 N–H and O–H groups in total. The summed E-state index contributed by atoms with van der Waals surface area (Å²) in [7, 11) is -3.71. The normalized spacial score (nSPS) is 18.1. The molecule has 0 radical (unpaired) electrons. The van der Waals surface area contributed by atoms with E-state index < -0.39 is 16.1 Å². The Morgan fingerprint density at radius 2 is 2.00 bits per heavy atom. The van der Waals surface area contributed by atoms with Gasteiger partial charge in [-0.2, -0.15) is 0 Å². The number of Topliss-reactive ketones (excluding diaryl/α,β-unsaturated/α-hetero) is 1. The number of aliphatic hydroxyl groups is 1. The summed E-state index contributed by atoms with van der Waals surface area (Å²) in [6.45, 7) is 1.41. The number of benzene rings is 1. The molecule has 5 nitrogen and oxygen atoms in total. The first kappa shape index (κ1) is 17.1. The lowest BCUT2D eigenvalue weighted by Gasteiger charge is -2.26. The molecule has 1 aliphatic carbocycles. The van der Waals surface area contributed by atoms with Gasteiger partial charge in [-0.05, 0) is 37.8 Å². The van der Waals surface area contributed by atoms with Crippen LogP contribution in [0, 0.1) is 5.92 Å². The van der Waals surface area contributed by atoms with Crippen LogP contribution in [-0.2, 0) is 10.0 Å². The SMILES string of the molecule is CC(=O)c1cccc(S(=O)(=O)NCC(O)C2CCCCC2)c1. The maximum Gasteiger partial charge on any atom is 0.240 e. The maximum atomic E-state index is 12.3. The monoisotopic (exact) mass is 325 g/mol. The van der Waals surface area contributed by atoms with E-state index >= 15 is 0 Å². The number of ketones is 1. The average molecular weight is 325 g/mol. The minimum absolute atomic E-state index is 0.0112. The second-order valence-corrected chi connectivity index (χ2v) is 7.67. The maximum absolute atomic E-state index is 12.3. The molecule has 22 heavy (non-hydrogen) atoms. The summed E-state index contributed by atoms with van der Waals surface area (Å²) >= 11 is 0. The fraction of sp³-hybridized carbons (Fsp3) is 0.562. The van der Waals surface area contributed by atoms with Crippen molar-refractivity contribution in [1.29, 1.82) is 0 Å². The highest BCUT2D eigenvalue weighted by Crippen LogP contribution is 2.26. The predicted octanol–water partition coefficient (Wildman–Crippen LogP) is 2.11. The van der Waals surface area contributed by atoms with Gasteiger partial charge >= 0.3 is 0 Å². The van der Waals surface area contributed by atoms with E-state index in [9.17, 15) is 18.3 Å². The van der Waals surface area contributed by atoms with Crippen LogP contribution in [0.25, 0.3) is 0 Å². The molecule has 1 aromatic carbocycles. The van der Waals surface area contributed by atoms with Crippen molar-refractivity contribution in [3.63, 3.8) is 0 Å². The quantitative estimate of drug-likeness (QED) is 0.785. The summed E-state index contributed by atoms with van der Waals surface area (Å²) < 4.78 is 27.0. The van der Waals surface area contributed by atoms with Gasteiger partial charge in [-0.3, -0.25) is 4.79 Å². The van der Waals surface area contributed by atoms with E-state index in [-0.39, 0.29) is 23.1 Å². The third-order valence-corrected chi connectivity index (χ3v) is 5.65. The van der Waals surface area contributed by atoms with Gasteiger partial charge in [0.2, 0.25) is 10.0 Å². The number of hydrogen-bond donors (Lipinski definition) is 2. The lowest BCUT2D eigenvalue weighted by Crippen LogP contribution is -2.37. The lowest BCUT2D eigenvalue weighted by atomic mass is 9.85. The molecule has 0 spiro atoms. The Balaban J connectivity index is 2.01. The van der Waals surface area contributed by atoms with Gasteiger partial charge < -0.3 is 5.11 Å². The van der Waals surface area contributed by atoms with Crippen molar-refractivity contribution in [1.82, 2.24) is 4.72 Å². The van der Waals surface area contributed by atoms with E-state index in [2.05, 4.69) is 4.72 Å². The van der Waals surface area contributed by atoms with Gasteiger partial charge in [0.05, 0.1) is 11.0 Å². The van der Waals surface area contributed by atoms with Crippen molar-refractivity contribution in [3.8, 4) is 0 Å². The average Bonchev–Trinajstić information content (AvgIpc) is 2.53. The second kappa shape index (κ2) is 7.35. The Morgan fingerprint density at radius 1 is 1.32 bits per heavy atom. The van der Waals surface area contributed by atoms with Crippen molar-refractivity contribution in [2.24, 2.45) is 5.92 Å². The Bertz CT molecular complexity index is 621. The van der Waals surface area contributed by atoms with Crippen LogP contribution in [0.5, 0.6) is 0 Å². The molecule has 1 atom stereocenters. The Kier molecular flexibility index (Phi) is 5.72. The summed E-state index contributed by atoms with van der Waals surface area (Å²) in [5.41, 5.74) is 0.357. The molecule has 0 aliphatic heterocycles. The van der Waals surface area contributed by atoms with Gasteiger partial charge in [0.25, 0.3) is 0 Å². The van der Waals surface area contributed by atoms with E-state index in [0.717, 1.165) is 25.7 Å². The summed E-state index contributed by atoms with van der Waals surface area (Å²) in [6.07, 6.45) is 4.61. The van der Waals surface area contributed by atoms with E-state index in [0.29, 0.717) is 5.56 Å². The van der Waals surface area contributed by atoms with Gasteiger partial charge in [0.1, 0.15) is 0 Å². The molecule has 1 saturated carbocycles. The Morgan fingerprint density at radius 3 is 2.64 bits per heavy atom. The third-order valence-electron chi connectivity index (χ3n) is 4.23. The molecule has 1 unspecified atom stereocenters. The topological polar surface area (TPSA) is 83.5 Å². The van der Waals surface area contributed by atoms with E-state index in [1.54, 1.807) is 12.1 Å². The van der Waals surface area contributed by atoms with Crippen LogP contribution < -0.4 is 4.72 Å². The highest BCUT2D eigenvalue weighted by atomic mass is 32.2. The molecular weight excluding hydrogens is 302 g/mol. The Hall–Kier alpha value is -1.24. The van der Waals surface area contributed by atoms with E-state index in [4.69, 9.17) is 0 Å². The largest absolute Gasteiger partial charge is 0.391 e. The van der Waals surface area contributed by atoms with Crippen LogP contribution in [0.3, 0.4) is 0 Å². The van der Waals surface area contributed by atoms with Crippen LogP contribution in [0.1, 0.15) is 49.4 Å². The number of nitrogens with one attached hydrogen (secondary N) is 1. The first-order valence-corrected chi connectivity index (χ1v) is 9.17. The molecule has 0 amide bonds. The number of carbonyl (C=O) groups is 1. The van der Waals surface area contributed by atoms with Crippen molar-refractivity contribution in [2.75, 3.05) is 6.54 Å². The van der Waals surface area contributed by atoms with Gasteiger partial charge in [-0.1, -0.05) is 31.4 Å². The van der Waals surface area contributed by atoms with Gasteiger partial charge in [-0.25, -0.2) is 13.1 Å². The molecule has 0 bridgehead atoms. The minimum Gasteiger partial charge on any atom is -0.391 e. The van der Waals surface area contributed by atoms with Crippen LogP contribution in [0.2, 0.25) is 0 Å². The fourth-order valence-corrected chi connectivity index (χ4v) is 3.94. The van der Waals surface area contributed by atoms with Gasteiger partial charge in [0, 0.05) is 12.1 Å². The van der Waals surface area contributed by atoms with E-state index in [1.807, 2.05) is 0 Å². The first-order chi connectivity index (χ1) is 10.4. The van der Waals surface area contributed by atoms with Crippen molar-refractivity contribution in [2.45, 2.75) is 50.0 Å². The molecule has 122 valence electrons. The Labute approximate surface area is 131 Å². The second-order valence-electron chi connectivity index (χ2n) is 5.90. The zero-order valence-corrected chi connectivity index (χ0v) is 13.6. The number of hydrogen-bond acceptors (Lipinski definition) is 4. The standard InChI is InChI=1S/C16H23NO4S/c1-12(18)14-8-5-9-15(10-14)22(20,21)17-11-16(19)13-6-3-2-4-7-13/h5,8-10,13,16-17,19H,2-4,6-7,11H2,1H3. The van der Waals surface area contributed by atoms with Gasteiger partial charge in [-0.15, -0.1) is 0 Å². The van der Waals surface area contributed by atoms with Crippen LogP contribution in [0.4, 0.5) is 0 Å². The highest BCUT2D eigenvalue weighted by Gasteiger charge is 2.24. The minimum atomic E-state index is -3.71. The predicted molar refractivity (Wildman–Crippen MR) is 84.2 cm³/mol. The molecule has 0 saturated heterocycles. The highest BCUT2D eigenvalue weighted by molar-refractivity contribution is 7.89. The number of aliphatic hydroxyl groups excluding tert-OH is 1. The van der Waals surface area contributed by atoms with Crippen LogP contribution in [-0.4, -0.2) is 32.0 Å². The number of carbonyl (C=O) groups excluding carboxylic acids is 1. The molecule has 1 aromatic rings. The zero-order valence-electron chi connectivity index (χ0n) is 12.8. The molecule has 0 heterocycles. The van der Waals surface area contributed by atoms with Crippen LogP contribution in [0.15, 0.2) is 29.2 Å².